The quantitative estimate of drug-likeness (QED) is 0.304. The summed E-state index contributed by atoms with van der Waals surface area (Å²) < 4.78 is 19.2. The van der Waals surface area contributed by atoms with Crippen LogP contribution in [-0.4, -0.2) is 81.4 Å². The number of nitrogens with one attached hydrogen (secondary N) is 2. The van der Waals surface area contributed by atoms with Crippen LogP contribution < -0.4 is 15.5 Å². The third-order valence-electron chi connectivity index (χ3n) is 5.74. The summed E-state index contributed by atoms with van der Waals surface area (Å²) in [6.45, 7) is 9.35. The van der Waals surface area contributed by atoms with Gasteiger partial charge in [0.1, 0.15) is 0 Å². The highest BCUT2D eigenvalue weighted by Crippen LogP contribution is 2.21. The van der Waals surface area contributed by atoms with E-state index in [4.69, 9.17) is 9.73 Å². The van der Waals surface area contributed by atoms with Gasteiger partial charge in [0.2, 0.25) is 0 Å². The van der Waals surface area contributed by atoms with Gasteiger partial charge in [0, 0.05) is 52.1 Å². The molecule has 1 atom stereocenters. The second-order valence-electron chi connectivity index (χ2n) is 7.88. The van der Waals surface area contributed by atoms with E-state index in [0.717, 1.165) is 64.8 Å². The Labute approximate surface area is 196 Å². The summed E-state index contributed by atoms with van der Waals surface area (Å²) in [6, 6.07) is 3.34. The lowest BCUT2D eigenvalue weighted by molar-refractivity contribution is 0.121. The number of anilines is 1. The van der Waals surface area contributed by atoms with Crippen molar-refractivity contribution in [3.05, 3.63) is 24.1 Å². The molecule has 2 aliphatic heterocycles. The van der Waals surface area contributed by atoms with Crippen molar-refractivity contribution in [1.29, 1.82) is 0 Å². The van der Waals surface area contributed by atoms with Gasteiger partial charge in [0.25, 0.3) is 0 Å². The molecule has 2 saturated heterocycles. The molecule has 0 aromatic carbocycles. The normalized spacial score (nSPS) is 20.8. The maximum atomic E-state index is 14.0. The van der Waals surface area contributed by atoms with E-state index in [1.807, 2.05) is 4.90 Å². The van der Waals surface area contributed by atoms with Gasteiger partial charge in [0.15, 0.2) is 17.6 Å². The lowest BCUT2D eigenvalue weighted by Crippen LogP contribution is -2.45. The van der Waals surface area contributed by atoms with Crippen molar-refractivity contribution in [1.82, 2.24) is 20.5 Å². The van der Waals surface area contributed by atoms with Gasteiger partial charge in [-0.25, -0.2) is 9.37 Å². The zero-order valence-electron chi connectivity index (χ0n) is 18.1. The molecule has 30 heavy (non-hydrogen) atoms. The van der Waals surface area contributed by atoms with Crippen LogP contribution in [0.5, 0.6) is 0 Å². The first-order valence-electron chi connectivity index (χ1n) is 10.8. The van der Waals surface area contributed by atoms with Crippen LogP contribution >= 0.6 is 24.0 Å². The minimum Gasteiger partial charge on any atom is -0.383 e. The van der Waals surface area contributed by atoms with Gasteiger partial charge in [-0.15, -0.1) is 24.0 Å². The lowest BCUT2D eigenvalue weighted by atomic mass is 9.97. The number of nitrogens with zero attached hydrogens (tertiary/aromatic N) is 4. The molecule has 9 heteroatoms. The summed E-state index contributed by atoms with van der Waals surface area (Å²) in [4.78, 5) is 13.5. The molecule has 2 aliphatic rings. The van der Waals surface area contributed by atoms with Crippen molar-refractivity contribution in [2.24, 2.45) is 10.9 Å². The van der Waals surface area contributed by atoms with Crippen LogP contribution in [0.4, 0.5) is 10.2 Å². The van der Waals surface area contributed by atoms with Crippen LogP contribution in [0, 0.1) is 11.7 Å². The first-order chi connectivity index (χ1) is 14.2. The number of ether oxygens (including phenoxy) is 1. The molecule has 2 N–H and O–H groups in total. The Morgan fingerprint density at radius 2 is 2.10 bits per heavy atom. The van der Waals surface area contributed by atoms with E-state index in [0.29, 0.717) is 11.7 Å². The summed E-state index contributed by atoms with van der Waals surface area (Å²) in [5, 5.41) is 6.89. The van der Waals surface area contributed by atoms with Crippen molar-refractivity contribution < 1.29 is 9.13 Å². The second-order valence-corrected chi connectivity index (χ2v) is 7.88. The van der Waals surface area contributed by atoms with Gasteiger partial charge in [-0.05, 0) is 57.3 Å². The molecule has 0 radical (unpaired) electrons. The zero-order valence-corrected chi connectivity index (χ0v) is 20.5. The summed E-state index contributed by atoms with van der Waals surface area (Å²) in [7, 11) is 1.76. The zero-order chi connectivity index (χ0) is 20.5. The molecule has 3 heterocycles. The first kappa shape index (κ1) is 25.1. The number of rotatable bonds is 8. The summed E-state index contributed by atoms with van der Waals surface area (Å²) in [6.07, 6.45) is 4.95. The number of aliphatic imine (C=N–C) groups is 1. The average Bonchev–Trinajstić information content (AvgIpc) is 3.20. The summed E-state index contributed by atoms with van der Waals surface area (Å²) in [5.41, 5.74) is 0. The molecule has 1 aromatic heterocycles. The van der Waals surface area contributed by atoms with Gasteiger partial charge >= 0.3 is 0 Å². The Kier molecular flexibility index (Phi) is 11.1. The van der Waals surface area contributed by atoms with E-state index < -0.39 is 0 Å². The van der Waals surface area contributed by atoms with Crippen LogP contribution in [0.1, 0.15) is 26.2 Å². The highest BCUT2D eigenvalue weighted by atomic mass is 127. The number of hydrogen-bond acceptors (Lipinski definition) is 5. The molecule has 0 spiro atoms. The molecule has 0 saturated carbocycles. The molecule has 0 amide bonds. The Morgan fingerprint density at radius 3 is 2.80 bits per heavy atom. The van der Waals surface area contributed by atoms with Crippen molar-refractivity contribution in [2.75, 3.05) is 64.4 Å². The Hall–Kier alpha value is -1.20. The minimum absolute atomic E-state index is 0. The van der Waals surface area contributed by atoms with Gasteiger partial charge in [-0.1, -0.05) is 0 Å². The molecule has 170 valence electrons. The Bertz CT molecular complexity index is 656. The topological polar surface area (TPSA) is 65.0 Å². The van der Waals surface area contributed by atoms with E-state index in [1.54, 1.807) is 19.4 Å². The fraction of sp³-hybridized carbons (Fsp3) is 0.714. The standard InChI is InChI=1S/C21H35FN6O.HI/c1-3-23-21(25-15-17-6-10-27(11-7-17)13-14-29-2)26-18-8-12-28(16-18)20-19(22)5-4-9-24-20;/h4-5,9,17-18H,3,6-8,10-16H2,1-2H3,(H2,23,25,26);1H. The van der Waals surface area contributed by atoms with Crippen molar-refractivity contribution in [3.8, 4) is 0 Å². The van der Waals surface area contributed by atoms with E-state index in [9.17, 15) is 4.39 Å². The van der Waals surface area contributed by atoms with Crippen LogP contribution in [-0.2, 0) is 4.74 Å². The van der Waals surface area contributed by atoms with E-state index in [2.05, 4.69) is 27.4 Å². The number of hydrogen-bond donors (Lipinski definition) is 2. The number of methoxy groups -OCH3 is 1. The highest BCUT2D eigenvalue weighted by Gasteiger charge is 2.26. The van der Waals surface area contributed by atoms with Crippen molar-refractivity contribution in [3.63, 3.8) is 0 Å². The smallest absolute Gasteiger partial charge is 0.191 e. The predicted molar refractivity (Wildman–Crippen MR) is 130 cm³/mol. The van der Waals surface area contributed by atoms with Crippen molar-refractivity contribution in [2.45, 2.75) is 32.2 Å². The fourth-order valence-corrected chi connectivity index (χ4v) is 4.03. The van der Waals surface area contributed by atoms with Crippen molar-refractivity contribution >= 4 is 35.8 Å². The Morgan fingerprint density at radius 1 is 1.30 bits per heavy atom. The SMILES string of the molecule is CCNC(=NCC1CCN(CCOC)CC1)NC1CCN(c2ncccc2F)C1.I. The number of aromatic nitrogens is 1. The van der Waals surface area contributed by atoms with Crippen LogP contribution in [0.25, 0.3) is 0 Å². The van der Waals surface area contributed by atoms with E-state index in [-0.39, 0.29) is 35.8 Å². The molecular formula is C21H36FIN6O. The average molecular weight is 534 g/mol. The Balaban J connectivity index is 0.00000320. The molecule has 0 bridgehead atoms. The van der Waals surface area contributed by atoms with Crippen LogP contribution in [0.2, 0.25) is 0 Å². The maximum Gasteiger partial charge on any atom is 0.191 e. The molecule has 1 unspecified atom stereocenters. The number of guanidine groups is 1. The van der Waals surface area contributed by atoms with Gasteiger partial charge < -0.3 is 25.2 Å². The van der Waals surface area contributed by atoms with Crippen LogP contribution in [0.15, 0.2) is 23.3 Å². The maximum absolute atomic E-state index is 14.0. The van der Waals surface area contributed by atoms with Gasteiger partial charge in [-0.3, -0.25) is 4.99 Å². The van der Waals surface area contributed by atoms with Crippen LogP contribution in [0.3, 0.4) is 0 Å². The molecule has 0 aliphatic carbocycles. The number of piperidine rings is 1. The van der Waals surface area contributed by atoms with E-state index >= 15 is 0 Å². The minimum atomic E-state index is -0.259. The molecule has 1 aromatic rings. The largest absolute Gasteiger partial charge is 0.383 e. The van der Waals surface area contributed by atoms with Gasteiger partial charge in [0.05, 0.1) is 6.61 Å². The summed E-state index contributed by atoms with van der Waals surface area (Å²) in [5.74, 6) is 1.68. The number of pyridine rings is 1. The second kappa shape index (κ2) is 13.3. The summed E-state index contributed by atoms with van der Waals surface area (Å²) >= 11 is 0. The molecule has 7 nitrogen and oxygen atoms in total. The lowest BCUT2D eigenvalue weighted by Gasteiger charge is -2.31. The molecule has 2 fully saturated rings. The number of halogens is 2. The highest BCUT2D eigenvalue weighted by molar-refractivity contribution is 14.0. The predicted octanol–water partition coefficient (Wildman–Crippen LogP) is 2.33. The monoisotopic (exact) mass is 534 g/mol. The fourth-order valence-electron chi connectivity index (χ4n) is 4.03. The number of likely N-dealkylation sites (tertiary alicyclic amines) is 1. The third-order valence-corrected chi connectivity index (χ3v) is 5.74. The first-order valence-corrected chi connectivity index (χ1v) is 10.8. The van der Waals surface area contributed by atoms with E-state index in [1.165, 1.54) is 18.9 Å². The molecule has 3 rings (SSSR count). The third kappa shape index (κ3) is 7.49. The molecular weight excluding hydrogens is 498 g/mol. The van der Waals surface area contributed by atoms with Gasteiger partial charge in [-0.2, -0.15) is 0 Å².